The minimum absolute atomic E-state index is 0.221. The van der Waals surface area contributed by atoms with Crippen LogP contribution >= 0.6 is 0 Å². The SMILES string of the molecule is CN(Cc1cc(=O)[nH]o1)c1ccc(-c2cccnc2OCCC2CCCC2)cc1. The number of pyridine rings is 1. The predicted molar refractivity (Wildman–Crippen MR) is 113 cm³/mol. The third-order valence-corrected chi connectivity index (χ3v) is 5.60. The highest BCUT2D eigenvalue weighted by molar-refractivity contribution is 5.70. The number of ether oxygens (including phenoxy) is 1. The topological polar surface area (TPSA) is 71.4 Å². The van der Waals surface area contributed by atoms with Gasteiger partial charge in [0.2, 0.25) is 5.88 Å². The molecule has 1 aliphatic rings. The monoisotopic (exact) mass is 393 g/mol. The van der Waals surface area contributed by atoms with E-state index in [4.69, 9.17) is 9.26 Å². The normalized spacial score (nSPS) is 14.2. The molecule has 6 nitrogen and oxygen atoms in total. The van der Waals surface area contributed by atoms with Crippen molar-refractivity contribution in [1.29, 1.82) is 0 Å². The first-order valence-electron chi connectivity index (χ1n) is 10.3. The van der Waals surface area contributed by atoms with E-state index >= 15 is 0 Å². The highest BCUT2D eigenvalue weighted by Crippen LogP contribution is 2.31. The zero-order valence-corrected chi connectivity index (χ0v) is 16.8. The molecule has 6 heteroatoms. The van der Waals surface area contributed by atoms with Crippen LogP contribution in [0.25, 0.3) is 11.1 Å². The number of nitrogens with zero attached hydrogens (tertiary/aromatic N) is 2. The van der Waals surface area contributed by atoms with E-state index < -0.39 is 0 Å². The number of anilines is 1. The van der Waals surface area contributed by atoms with Crippen LogP contribution < -0.4 is 15.2 Å². The van der Waals surface area contributed by atoms with Crippen LogP contribution in [0.4, 0.5) is 5.69 Å². The van der Waals surface area contributed by atoms with E-state index in [1.807, 2.05) is 24.1 Å². The first-order chi connectivity index (χ1) is 14.2. The Morgan fingerprint density at radius 2 is 2.00 bits per heavy atom. The zero-order chi connectivity index (χ0) is 20.1. The molecule has 0 spiro atoms. The molecular formula is C23H27N3O3. The lowest BCUT2D eigenvalue weighted by Gasteiger charge is -2.18. The van der Waals surface area contributed by atoms with Crippen molar-refractivity contribution in [2.24, 2.45) is 5.92 Å². The smallest absolute Gasteiger partial charge is 0.280 e. The molecule has 3 aromatic rings. The summed E-state index contributed by atoms with van der Waals surface area (Å²) in [5.41, 5.74) is 2.88. The van der Waals surface area contributed by atoms with Gasteiger partial charge in [-0.15, -0.1) is 0 Å². The van der Waals surface area contributed by atoms with Crippen LogP contribution in [0.3, 0.4) is 0 Å². The van der Waals surface area contributed by atoms with Crippen LogP contribution in [0, 0.1) is 5.92 Å². The fourth-order valence-corrected chi connectivity index (χ4v) is 3.97. The Bertz CT molecular complexity index is 971. The summed E-state index contributed by atoms with van der Waals surface area (Å²) in [7, 11) is 1.96. The number of hydrogen-bond donors (Lipinski definition) is 1. The molecule has 152 valence electrons. The molecule has 0 aliphatic heterocycles. The van der Waals surface area contributed by atoms with Gasteiger partial charge >= 0.3 is 0 Å². The van der Waals surface area contributed by atoms with Crippen LogP contribution in [0.1, 0.15) is 37.9 Å². The third-order valence-electron chi connectivity index (χ3n) is 5.60. The molecule has 0 bridgehead atoms. The molecule has 1 fully saturated rings. The molecule has 0 saturated heterocycles. The third kappa shape index (κ3) is 4.88. The number of rotatable bonds is 8. The maximum absolute atomic E-state index is 11.2. The van der Waals surface area contributed by atoms with E-state index in [0.29, 0.717) is 18.2 Å². The molecule has 1 aliphatic carbocycles. The molecule has 4 rings (SSSR count). The second kappa shape index (κ2) is 8.99. The summed E-state index contributed by atoms with van der Waals surface area (Å²) in [6.45, 7) is 1.23. The number of benzene rings is 1. The highest BCUT2D eigenvalue weighted by Gasteiger charge is 2.15. The van der Waals surface area contributed by atoms with Crippen molar-refractivity contribution >= 4 is 5.69 Å². The summed E-state index contributed by atoms with van der Waals surface area (Å²) >= 11 is 0. The lowest BCUT2D eigenvalue weighted by atomic mass is 10.0. The van der Waals surface area contributed by atoms with Crippen LogP contribution in [0.15, 0.2) is 58.0 Å². The Kier molecular flexibility index (Phi) is 5.98. The van der Waals surface area contributed by atoms with E-state index in [-0.39, 0.29) is 5.56 Å². The minimum Gasteiger partial charge on any atom is -0.477 e. The Morgan fingerprint density at radius 3 is 2.72 bits per heavy atom. The second-order valence-electron chi connectivity index (χ2n) is 7.73. The Hall–Kier alpha value is -3.02. The van der Waals surface area contributed by atoms with Gasteiger partial charge < -0.3 is 14.2 Å². The van der Waals surface area contributed by atoms with E-state index in [1.54, 1.807) is 6.20 Å². The van der Waals surface area contributed by atoms with Crippen LogP contribution in [0.2, 0.25) is 0 Å². The quantitative estimate of drug-likeness (QED) is 0.604. The molecule has 0 unspecified atom stereocenters. The largest absolute Gasteiger partial charge is 0.477 e. The van der Waals surface area contributed by atoms with Gasteiger partial charge in [-0.3, -0.25) is 4.79 Å². The maximum Gasteiger partial charge on any atom is 0.280 e. The van der Waals surface area contributed by atoms with Crippen molar-refractivity contribution in [3.63, 3.8) is 0 Å². The Morgan fingerprint density at radius 1 is 1.21 bits per heavy atom. The average Bonchev–Trinajstić information content (AvgIpc) is 3.40. The van der Waals surface area contributed by atoms with Gasteiger partial charge in [-0.2, -0.15) is 5.16 Å². The van der Waals surface area contributed by atoms with Gasteiger partial charge in [-0.25, -0.2) is 4.98 Å². The van der Waals surface area contributed by atoms with Crippen molar-refractivity contribution in [2.75, 3.05) is 18.6 Å². The first-order valence-corrected chi connectivity index (χ1v) is 10.3. The fourth-order valence-electron chi connectivity index (χ4n) is 3.97. The van der Waals surface area contributed by atoms with Gasteiger partial charge in [-0.1, -0.05) is 37.8 Å². The molecule has 1 aromatic carbocycles. The van der Waals surface area contributed by atoms with Crippen molar-refractivity contribution in [1.82, 2.24) is 10.1 Å². The summed E-state index contributed by atoms with van der Waals surface area (Å²) in [6, 6.07) is 13.7. The van der Waals surface area contributed by atoms with Crippen LogP contribution in [0.5, 0.6) is 5.88 Å². The average molecular weight is 393 g/mol. The predicted octanol–water partition coefficient (Wildman–Crippen LogP) is 4.63. The first kappa shape index (κ1) is 19.3. The summed E-state index contributed by atoms with van der Waals surface area (Å²) in [5.74, 6) is 2.11. The molecule has 2 aromatic heterocycles. The molecule has 2 heterocycles. The molecule has 1 N–H and O–H groups in total. The summed E-state index contributed by atoms with van der Waals surface area (Å²) in [6.07, 6.45) is 8.27. The van der Waals surface area contributed by atoms with Crippen molar-refractivity contribution < 1.29 is 9.26 Å². The van der Waals surface area contributed by atoms with E-state index in [2.05, 4.69) is 34.4 Å². The number of aromatic nitrogens is 2. The summed E-state index contributed by atoms with van der Waals surface area (Å²) in [4.78, 5) is 17.7. The van der Waals surface area contributed by atoms with Gasteiger partial charge in [-0.05, 0) is 42.2 Å². The number of hydrogen-bond acceptors (Lipinski definition) is 5. The zero-order valence-electron chi connectivity index (χ0n) is 16.8. The highest BCUT2D eigenvalue weighted by atomic mass is 16.5. The number of nitrogens with one attached hydrogen (secondary N) is 1. The molecule has 0 atom stereocenters. The fraction of sp³-hybridized carbons (Fsp3) is 0.391. The number of aromatic amines is 1. The Balaban J connectivity index is 1.42. The standard InChI is InChI=1S/C23H27N3O3/c1-26(16-20-15-22(27)25-29-20)19-10-8-18(9-11-19)21-7-4-13-24-23(21)28-14-12-17-5-2-3-6-17/h4,7-11,13,15,17H,2-3,5-6,12,14,16H2,1H3,(H,25,27). The lowest BCUT2D eigenvalue weighted by Crippen LogP contribution is -2.15. The van der Waals surface area contributed by atoms with Gasteiger partial charge in [0.05, 0.1) is 13.2 Å². The molecule has 1 saturated carbocycles. The molecular weight excluding hydrogens is 366 g/mol. The van der Waals surface area contributed by atoms with Crippen molar-refractivity contribution in [2.45, 2.75) is 38.6 Å². The van der Waals surface area contributed by atoms with E-state index in [0.717, 1.165) is 35.8 Å². The number of H-pyrrole nitrogens is 1. The summed E-state index contributed by atoms with van der Waals surface area (Å²) < 4.78 is 11.2. The van der Waals surface area contributed by atoms with Gasteiger partial charge in [0.25, 0.3) is 5.56 Å². The second-order valence-corrected chi connectivity index (χ2v) is 7.73. The van der Waals surface area contributed by atoms with Crippen LogP contribution in [-0.2, 0) is 6.54 Å². The lowest BCUT2D eigenvalue weighted by molar-refractivity contribution is 0.271. The van der Waals surface area contributed by atoms with Crippen molar-refractivity contribution in [3.05, 3.63) is 64.8 Å². The molecule has 0 radical (unpaired) electrons. The maximum atomic E-state index is 11.2. The van der Waals surface area contributed by atoms with Gasteiger partial charge in [0, 0.05) is 30.6 Å². The molecule has 0 amide bonds. The van der Waals surface area contributed by atoms with E-state index in [1.165, 1.54) is 31.7 Å². The minimum atomic E-state index is -0.221. The van der Waals surface area contributed by atoms with Crippen LogP contribution in [-0.4, -0.2) is 23.8 Å². The summed E-state index contributed by atoms with van der Waals surface area (Å²) in [5, 5.41) is 2.32. The van der Waals surface area contributed by atoms with Crippen molar-refractivity contribution in [3.8, 4) is 17.0 Å². The Labute approximate surface area is 170 Å². The van der Waals surface area contributed by atoms with Gasteiger partial charge in [0.15, 0.2) is 5.76 Å². The van der Waals surface area contributed by atoms with E-state index in [9.17, 15) is 4.79 Å². The van der Waals surface area contributed by atoms with Gasteiger partial charge in [0.1, 0.15) is 0 Å². The molecule has 29 heavy (non-hydrogen) atoms.